The molecular formula is C8H15NO4S. The number of carbonyl (C=O) groups is 2. The van der Waals surface area contributed by atoms with Crippen LogP contribution in [0.3, 0.4) is 0 Å². The summed E-state index contributed by atoms with van der Waals surface area (Å²) in [4.78, 5) is 21.3. The first-order chi connectivity index (χ1) is 6.43. The third-order valence-corrected chi connectivity index (χ3v) is 2.24. The fourth-order valence-corrected chi connectivity index (χ4v) is 1.39. The maximum Gasteiger partial charge on any atom is 0.321 e. The Hall–Kier alpha value is -0.750. The van der Waals surface area contributed by atoms with Crippen LogP contribution in [0.5, 0.6) is 0 Å². The second-order valence-electron chi connectivity index (χ2n) is 3.00. The van der Waals surface area contributed by atoms with Crippen molar-refractivity contribution in [2.75, 3.05) is 11.5 Å². The van der Waals surface area contributed by atoms with Crippen LogP contribution < -0.4 is 5.73 Å². The molecule has 0 spiro atoms. The zero-order valence-corrected chi connectivity index (χ0v) is 9.04. The van der Waals surface area contributed by atoms with E-state index in [9.17, 15) is 9.59 Å². The molecule has 82 valence electrons. The molecule has 0 radical (unpaired) electrons. The molecule has 0 aliphatic carbocycles. The summed E-state index contributed by atoms with van der Waals surface area (Å²) in [5.74, 6) is -1.06. The molecule has 0 aromatic heterocycles. The Bertz CT molecular complexity index is 208. The Balaban J connectivity index is 3.54. The average Bonchev–Trinajstić information content (AvgIpc) is 2.02. The number of carboxylic acid groups (broad SMARTS) is 1. The number of thioether (sulfide) groups is 1. The lowest BCUT2D eigenvalue weighted by Crippen LogP contribution is -2.32. The van der Waals surface area contributed by atoms with Gasteiger partial charge in [-0.1, -0.05) is 0 Å². The summed E-state index contributed by atoms with van der Waals surface area (Å²) in [6, 6.07) is -0.924. The summed E-state index contributed by atoms with van der Waals surface area (Å²) >= 11 is 1.16. The summed E-state index contributed by atoms with van der Waals surface area (Å²) < 4.78 is 4.84. The van der Waals surface area contributed by atoms with Crippen LogP contribution in [0.15, 0.2) is 0 Å². The molecule has 0 fully saturated rings. The Kier molecular flexibility index (Phi) is 6.31. The van der Waals surface area contributed by atoms with E-state index in [0.717, 1.165) is 11.8 Å². The van der Waals surface area contributed by atoms with Crippen molar-refractivity contribution >= 4 is 23.7 Å². The normalized spacial score (nSPS) is 12.6. The fourth-order valence-electron chi connectivity index (χ4n) is 0.637. The Morgan fingerprint density at radius 1 is 1.50 bits per heavy atom. The quantitative estimate of drug-likeness (QED) is 0.617. The van der Waals surface area contributed by atoms with Crippen LogP contribution in [-0.2, 0) is 14.3 Å². The lowest BCUT2D eigenvalue weighted by Gasteiger charge is -2.08. The standard InChI is InChI=1S/C8H15NO4S/c1-5(2)13-7(10)4-14-3-6(9)8(11)12/h5-6H,3-4,9H2,1-2H3,(H,11,12). The number of aliphatic carboxylic acids is 1. The molecule has 1 unspecified atom stereocenters. The van der Waals surface area contributed by atoms with Crippen LogP contribution in [0.2, 0.25) is 0 Å². The lowest BCUT2D eigenvalue weighted by molar-refractivity contribution is -0.144. The zero-order chi connectivity index (χ0) is 11.1. The number of hydrogen-bond acceptors (Lipinski definition) is 5. The molecule has 0 saturated heterocycles. The van der Waals surface area contributed by atoms with Crippen LogP contribution in [0, 0.1) is 0 Å². The molecule has 1 atom stereocenters. The third-order valence-electron chi connectivity index (χ3n) is 1.20. The number of carbonyl (C=O) groups excluding carboxylic acids is 1. The number of carboxylic acids is 1. The highest BCUT2D eigenvalue weighted by Crippen LogP contribution is 2.03. The van der Waals surface area contributed by atoms with E-state index in [1.54, 1.807) is 13.8 Å². The molecule has 6 heteroatoms. The second-order valence-corrected chi connectivity index (χ2v) is 4.03. The number of nitrogens with two attached hydrogens (primary N) is 1. The molecule has 0 bridgehead atoms. The van der Waals surface area contributed by atoms with Gasteiger partial charge in [0.05, 0.1) is 11.9 Å². The number of ether oxygens (including phenoxy) is 1. The monoisotopic (exact) mass is 221 g/mol. The maximum absolute atomic E-state index is 11.0. The molecule has 0 aromatic carbocycles. The molecule has 3 N–H and O–H groups in total. The van der Waals surface area contributed by atoms with Crippen molar-refractivity contribution in [1.29, 1.82) is 0 Å². The van der Waals surface area contributed by atoms with Gasteiger partial charge in [0.2, 0.25) is 0 Å². The number of rotatable bonds is 6. The van der Waals surface area contributed by atoms with Crippen molar-refractivity contribution in [1.82, 2.24) is 0 Å². The molecule has 5 nitrogen and oxygen atoms in total. The fraction of sp³-hybridized carbons (Fsp3) is 0.750. The van der Waals surface area contributed by atoms with Crippen LogP contribution in [0.1, 0.15) is 13.8 Å². The molecule has 0 aliphatic rings. The van der Waals surface area contributed by atoms with Crippen molar-refractivity contribution in [3.63, 3.8) is 0 Å². The topological polar surface area (TPSA) is 89.6 Å². The van der Waals surface area contributed by atoms with Crippen molar-refractivity contribution < 1.29 is 19.4 Å². The van der Waals surface area contributed by atoms with Crippen molar-refractivity contribution in [2.24, 2.45) is 5.73 Å². The van der Waals surface area contributed by atoms with Crippen LogP contribution in [0.4, 0.5) is 0 Å². The minimum atomic E-state index is -1.06. The second kappa shape index (κ2) is 6.67. The smallest absolute Gasteiger partial charge is 0.321 e. The van der Waals surface area contributed by atoms with E-state index in [0.29, 0.717) is 0 Å². The Morgan fingerprint density at radius 2 is 2.07 bits per heavy atom. The van der Waals surface area contributed by atoms with Gasteiger partial charge in [0.1, 0.15) is 6.04 Å². The molecule has 0 heterocycles. The van der Waals surface area contributed by atoms with E-state index in [-0.39, 0.29) is 23.6 Å². The van der Waals surface area contributed by atoms with E-state index >= 15 is 0 Å². The van der Waals surface area contributed by atoms with E-state index in [4.69, 9.17) is 15.6 Å². The average molecular weight is 221 g/mol. The highest BCUT2D eigenvalue weighted by Gasteiger charge is 2.12. The van der Waals surface area contributed by atoms with E-state index in [2.05, 4.69) is 0 Å². The van der Waals surface area contributed by atoms with Gasteiger partial charge in [0.25, 0.3) is 0 Å². The number of esters is 1. The molecule has 14 heavy (non-hydrogen) atoms. The van der Waals surface area contributed by atoms with E-state index in [1.165, 1.54) is 0 Å². The summed E-state index contributed by atoms with van der Waals surface area (Å²) in [6.07, 6.45) is -0.142. The maximum atomic E-state index is 11.0. The van der Waals surface area contributed by atoms with Crippen LogP contribution in [0.25, 0.3) is 0 Å². The summed E-state index contributed by atoms with van der Waals surface area (Å²) in [5.41, 5.74) is 5.23. The number of hydrogen-bond donors (Lipinski definition) is 2. The van der Waals surface area contributed by atoms with Gasteiger partial charge in [-0.25, -0.2) is 0 Å². The zero-order valence-electron chi connectivity index (χ0n) is 8.23. The Labute approximate surface area is 87.0 Å². The van der Waals surface area contributed by atoms with Gasteiger partial charge < -0.3 is 15.6 Å². The Morgan fingerprint density at radius 3 is 2.50 bits per heavy atom. The highest BCUT2D eigenvalue weighted by atomic mass is 32.2. The van der Waals surface area contributed by atoms with Crippen molar-refractivity contribution in [3.05, 3.63) is 0 Å². The van der Waals surface area contributed by atoms with Gasteiger partial charge in [-0.3, -0.25) is 9.59 Å². The van der Waals surface area contributed by atoms with Crippen LogP contribution >= 0.6 is 11.8 Å². The SMILES string of the molecule is CC(C)OC(=O)CSCC(N)C(=O)O. The predicted octanol–water partition coefficient (Wildman–Crippen LogP) is 0.0831. The first-order valence-electron chi connectivity index (χ1n) is 4.19. The van der Waals surface area contributed by atoms with Gasteiger partial charge >= 0.3 is 11.9 Å². The molecule has 0 rings (SSSR count). The summed E-state index contributed by atoms with van der Waals surface area (Å²) in [7, 11) is 0. The summed E-state index contributed by atoms with van der Waals surface area (Å²) in [5, 5.41) is 8.44. The van der Waals surface area contributed by atoms with E-state index in [1.807, 2.05) is 0 Å². The molecule has 0 saturated carbocycles. The first-order valence-corrected chi connectivity index (χ1v) is 5.34. The van der Waals surface area contributed by atoms with Gasteiger partial charge in [-0.2, -0.15) is 0 Å². The first kappa shape index (κ1) is 13.2. The van der Waals surface area contributed by atoms with Crippen molar-refractivity contribution in [3.8, 4) is 0 Å². The van der Waals surface area contributed by atoms with Gasteiger partial charge in [-0.05, 0) is 13.8 Å². The van der Waals surface area contributed by atoms with Gasteiger partial charge in [-0.15, -0.1) is 11.8 Å². The molecule has 0 aliphatic heterocycles. The molecular weight excluding hydrogens is 206 g/mol. The lowest BCUT2D eigenvalue weighted by atomic mass is 10.4. The third kappa shape index (κ3) is 6.73. The minimum Gasteiger partial charge on any atom is -0.480 e. The van der Waals surface area contributed by atoms with Crippen LogP contribution in [-0.4, -0.2) is 40.7 Å². The largest absolute Gasteiger partial charge is 0.480 e. The predicted molar refractivity (Wildman–Crippen MR) is 54.2 cm³/mol. The van der Waals surface area contributed by atoms with E-state index < -0.39 is 12.0 Å². The van der Waals surface area contributed by atoms with Crippen molar-refractivity contribution in [2.45, 2.75) is 26.0 Å². The van der Waals surface area contributed by atoms with Gasteiger partial charge in [0.15, 0.2) is 0 Å². The van der Waals surface area contributed by atoms with Gasteiger partial charge in [0, 0.05) is 5.75 Å². The molecule has 0 amide bonds. The minimum absolute atomic E-state index is 0.138. The highest BCUT2D eigenvalue weighted by molar-refractivity contribution is 8.00. The summed E-state index contributed by atoms with van der Waals surface area (Å²) in [6.45, 7) is 3.51. The molecule has 0 aromatic rings.